The lowest BCUT2D eigenvalue weighted by molar-refractivity contribution is -0.148. The first-order chi connectivity index (χ1) is 15.3. The van der Waals surface area contributed by atoms with Crippen LogP contribution in [0.4, 0.5) is 0 Å². The van der Waals surface area contributed by atoms with Crippen molar-refractivity contribution in [3.8, 4) is 11.8 Å². The summed E-state index contributed by atoms with van der Waals surface area (Å²) in [7, 11) is 0. The van der Waals surface area contributed by atoms with E-state index in [1.165, 1.54) is 12.1 Å². The topological polar surface area (TPSA) is 99.4 Å². The van der Waals surface area contributed by atoms with Crippen molar-refractivity contribution in [3.63, 3.8) is 0 Å². The van der Waals surface area contributed by atoms with Crippen molar-refractivity contribution >= 4 is 11.9 Å². The van der Waals surface area contributed by atoms with Crippen molar-refractivity contribution in [2.24, 2.45) is 5.41 Å². The van der Waals surface area contributed by atoms with Gasteiger partial charge in [0.15, 0.2) is 0 Å². The third kappa shape index (κ3) is 5.32. The maximum atomic E-state index is 12.9. The number of nitrogens with zero attached hydrogens (tertiary/aromatic N) is 1. The molecule has 0 heterocycles. The molecule has 3 aromatic carbocycles. The number of carbonyl (C=O) groups is 2. The zero-order valence-electron chi connectivity index (χ0n) is 17.9. The van der Waals surface area contributed by atoms with Crippen LogP contribution >= 0.6 is 0 Å². The molecule has 0 aliphatic rings. The number of benzene rings is 3. The molecule has 0 aromatic heterocycles. The molecule has 1 amide bonds. The van der Waals surface area contributed by atoms with Gasteiger partial charge in [-0.1, -0.05) is 42.5 Å². The molecule has 0 fully saturated rings. The van der Waals surface area contributed by atoms with Crippen molar-refractivity contribution < 1.29 is 19.4 Å². The molecule has 6 nitrogen and oxygen atoms in total. The Balaban J connectivity index is 1.86. The van der Waals surface area contributed by atoms with Gasteiger partial charge in [-0.25, -0.2) is 0 Å². The zero-order valence-corrected chi connectivity index (χ0v) is 17.9. The zero-order chi connectivity index (χ0) is 23.1. The minimum Gasteiger partial charge on any atom is -0.489 e. The molecule has 0 aliphatic carbocycles. The first kappa shape index (κ1) is 22.6. The second-order valence-corrected chi connectivity index (χ2v) is 7.97. The largest absolute Gasteiger partial charge is 0.489 e. The van der Waals surface area contributed by atoms with Crippen LogP contribution in [0.1, 0.15) is 46.9 Å². The highest BCUT2D eigenvalue weighted by atomic mass is 16.5. The summed E-state index contributed by atoms with van der Waals surface area (Å²) in [6, 6.07) is 24.1. The lowest BCUT2D eigenvalue weighted by Gasteiger charge is -2.32. The molecule has 1 unspecified atom stereocenters. The summed E-state index contributed by atoms with van der Waals surface area (Å²) in [6.07, 6.45) is 0. The monoisotopic (exact) mass is 428 g/mol. The lowest BCUT2D eigenvalue weighted by Crippen LogP contribution is -2.42. The summed E-state index contributed by atoms with van der Waals surface area (Å²) in [6.45, 7) is 3.50. The van der Waals surface area contributed by atoms with E-state index in [-0.39, 0.29) is 0 Å². The quantitative estimate of drug-likeness (QED) is 0.541. The highest BCUT2D eigenvalue weighted by molar-refractivity contribution is 5.95. The van der Waals surface area contributed by atoms with E-state index in [4.69, 9.17) is 10.00 Å². The van der Waals surface area contributed by atoms with Crippen molar-refractivity contribution in [2.75, 3.05) is 0 Å². The fraction of sp³-hybridized carbons (Fsp3) is 0.192. The van der Waals surface area contributed by atoms with E-state index in [0.717, 1.165) is 5.56 Å². The van der Waals surface area contributed by atoms with Crippen molar-refractivity contribution in [3.05, 3.63) is 101 Å². The number of hydrogen-bond donors (Lipinski definition) is 2. The van der Waals surface area contributed by atoms with E-state index in [1.54, 1.807) is 50.2 Å². The number of amides is 1. The Morgan fingerprint density at radius 2 is 1.72 bits per heavy atom. The summed E-state index contributed by atoms with van der Waals surface area (Å²) < 4.78 is 5.88. The Hall–Kier alpha value is -4.11. The van der Waals surface area contributed by atoms with Crippen LogP contribution in [0.25, 0.3) is 0 Å². The van der Waals surface area contributed by atoms with E-state index in [0.29, 0.717) is 29.0 Å². The number of rotatable bonds is 8. The number of hydrogen-bond acceptors (Lipinski definition) is 4. The Morgan fingerprint density at radius 1 is 1.03 bits per heavy atom. The number of aliphatic carboxylic acids is 1. The molecule has 0 spiro atoms. The van der Waals surface area contributed by atoms with Gasteiger partial charge in [-0.15, -0.1) is 0 Å². The summed E-state index contributed by atoms with van der Waals surface area (Å²) >= 11 is 0. The predicted octanol–water partition coefficient (Wildman–Crippen LogP) is 4.72. The average Bonchev–Trinajstić information content (AvgIpc) is 2.81. The number of carbonyl (C=O) groups excluding carboxylic acids is 1. The van der Waals surface area contributed by atoms with Gasteiger partial charge >= 0.3 is 5.97 Å². The molecule has 0 radical (unpaired) electrons. The maximum absolute atomic E-state index is 12.9. The van der Waals surface area contributed by atoms with E-state index in [1.807, 2.05) is 36.4 Å². The Morgan fingerprint density at radius 3 is 2.34 bits per heavy atom. The Kier molecular flexibility index (Phi) is 6.91. The average molecular weight is 428 g/mol. The van der Waals surface area contributed by atoms with Gasteiger partial charge in [0.25, 0.3) is 5.91 Å². The third-order valence-corrected chi connectivity index (χ3v) is 5.26. The number of nitriles is 1. The molecule has 0 bridgehead atoms. The van der Waals surface area contributed by atoms with Gasteiger partial charge in [-0.2, -0.15) is 5.26 Å². The highest BCUT2D eigenvalue weighted by Crippen LogP contribution is 2.35. The van der Waals surface area contributed by atoms with Crippen molar-refractivity contribution in [2.45, 2.75) is 26.5 Å². The van der Waals surface area contributed by atoms with Crippen molar-refractivity contribution in [1.29, 1.82) is 5.26 Å². The molecule has 3 aromatic rings. The molecule has 0 saturated heterocycles. The molecule has 0 aliphatic heterocycles. The van der Waals surface area contributed by atoms with Crippen LogP contribution < -0.4 is 10.1 Å². The SMILES string of the molecule is CC(C)(C(=O)O)C(NC(=O)c1ccc(C#N)cc1)c1cccc(OCc2ccccc2)c1. The minimum absolute atomic E-state index is 0.340. The van der Waals surface area contributed by atoms with Crippen LogP contribution in [0.2, 0.25) is 0 Å². The standard InChI is InChI=1S/C26H24N2O4/c1-26(2,25(30)31)23(28-24(29)20-13-11-18(16-27)12-14-20)21-9-6-10-22(15-21)32-17-19-7-4-3-5-8-19/h3-15,23H,17H2,1-2H3,(H,28,29)(H,30,31). The molecule has 6 heteroatoms. The van der Waals surface area contributed by atoms with Crippen LogP contribution in [-0.4, -0.2) is 17.0 Å². The summed E-state index contributed by atoms with van der Waals surface area (Å²) in [5.74, 6) is -0.896. The predicted molar refractivity (Wildman–Crippen MR) is 120 cm³/mol. The molecule has 1 atom stereocenters. The van der Waals surface area contributed by atoms with Crippen LogP contribution in [0, 0.1) is 16.7 Å². The van der Waals surface area contributed by atoms with Gasteiger partial charge < -0.3 is 15.2 Å². The summed E-state index contributed by atoms with van der Waals surface area (Å²) in [4.78, 5) is 24.9. The van der Waals surface area contributed by atoms with E-state index < -0.39 is 23.3 Å². The first-order valence-corrected chi connectivity index (χ1v) is 10.1. The number of ether oxygens (including phenoxy) is 1. The third-order valence-electron chi connectivity index (χ3n) is 5.26. The van der Waals surface area contributed by atoms with Crippen LogP contribution in [-0.2, 0) is 11.4 Å². The molecule has 162 valence electrons. The number of carboxylic acid groups (broad SMARTS) is 1. The molecule has 32 heavy (non-hydrogen) atoms. The number of carboxylic acids is 1. The van der Waals surface area contributed by atoms with Crippen LogP contribution in [0.15, 0.2) is 78.9 Å². The molecule has 3 rings (SSSR count). The normalized spacial score (nSPS) is 11.8. The van der Waals surface area contributed by atoms with Gasteiger partial charge in [0.2, 0.25) is 0 Å². The van der Waals surface area contributed by atoms with Gasteiger partial charge in [-0.3, -0.25) is 9.59 Å². The lowest BCUT2D eigenvalue weighted by atomic mass is 9.80. The fourth-order valence-electron chi connectivity index (χ4n) is 3.24. The minimum atomic E-state index is -1.29. The fourth-order valence-corrected chi connectivity index (χ4v) is 3.24. The molecular formula is C26H24N2O4. The van der Waals surface area contributed by atoms with Crippen LogP contribution in [0.5, 0.6) is 5.75 Å². The molecule has 2 N–H and O–H groups in total. The Labute approximate surface area is 187 Å². The highest BCUT2D eigenvalue weighted by Gasteiger charge is 2.39. The Bertz CT molecular complexity index is 1130. The van der Waals surface area contributed by atoms with Crippen LogP contribution in [0.3, 0.4) is 0 Å². The summed E-state index contributed by atoms with van der Waals surface area (Å²) in [5, 5.41) is 21.6. The van der Waals surface area contributed by atoms with E-state index >= 15 is 0 Å². The second kappa shape index (κ2) is 9.80. The maximum Gasteiger partial charge on any atom is 0.311 e. The second-order valence-electron chi connectivity index (χ2n) is 7.97. The van der Waals surface area contributed by atoms with E-state index in [2.05, 4.69) is 5.32 Å². The van der Waals surface area contributed by atoms with E-state index in [9.17, 15) is 14.7 Å². The molecule has 0 saturated carbocycles. The summed E-state index contributed by atoms with van der Waals surface area (Å²) in [5.41, 5.74) is 1.11. The van der Waals surface area contributed by atoms with Gasteiger partial charge in [0.05, 0.1) is 23.1 Å². The first-order valence-electron chi connectivity index (χ1n) is 10.1. The van der Waals surface area contributed by atoms with Gasteiger partial charge in [-0.05, 0) is 61.4 Å². The molecular weight excluding hydrogens is 404 g/mol. The smallest absolute Gasteiger partial charge is 0.311 e. The number of nitrogens with one attached hydrogen (secondary N) is 1. The van der Waals surface area contributed by atoms with Gasteiger partial charge in [0.1, 0.15) is 12.4 Å². The van der Waals surface area contributed by atoms with Crippen molar-refractivity contribution in [1.82, 2.24) is 5.32 Å². The van der Waals surface area contributed by atoms with Gasteiger partial charge in [0, 0.05) is 5.56 Å².